The predicted octanol–water partition coefficient (Wildman–Crippen LogP) is 4.12. The topological polar surface area (TPSA) is 59.7 Å². The Hall–Kier alpha value is -2.84. The SMILES string of the molecule is COc1ccc(N(Cc2cccs2)C(=O)CSc2nnc3ccccn23)cc1. The van der Waals surface area contributed by atoms with E-state index < -0.39 is 0 Å². The van der Waals surface area contributed by atoms with Gasteiger partial charge in [-0.25, -0.2) is 0 Å². The van der Waals surface area contributed by atoms with Gasteiger partial charge in [-0.3, -0.25) is 9.20 Å². The molecule has 0 saturated heterocycles. The number of hydrogen-bond acceptors (Lipinski definition) is 6. The van der Waals surface area contributed by atoms with Crippen LogP contribution in [0.1, 0.15) is 4.88 Å². The first-order valence-corrected chi connectivity index (χ1v) is 10.5. The van der Waals surface area contributed by atoms with Crippen molar-refractivity contribution in [2.24, 2.45) is 0 Å². The molecule has 6 nitrogen and oxygen atoms in total. The number of carbonyl (C=O) groups excluding carboxylic acids is 1. The summed E-state index contributed by atoms with van der Waals surface area (Å²) in [6.45, 7) is 0.532. The highest BCUT2D eigenvalue weighted by Gasteiger charge is 2.18. The number of fused-ring (bicyclic) bond motifs is 1. The Kier molecular flexibility index (Phi) is 5.59. The minimum Gasteiger partial charge on any atom is -0.497 e. The van der Waals surface area contributed by atoms with Crippen LogP contribution in [-0.4, -0.2) is 33.4 Å². The van der Waals surface area contributed by atoms with Gasteiger partial charge in [0, 0.05) is 16.8 Å². The summed E-state index contributed by atoms with van der Waals surface area (Å²) in [7, 11) is 1.63. The van der Waals surface area contributed by atoms with Crippen molar-refractivity contribution >= 4 is 40.3 Å². The van der Waals surface area contributed by atoms with Gasteiger partial charge in [-0.15, -0.1) is 21.5 Å². The number of pyridine rings is 1. The molecule has 142 valence electrons. The second kappa shape index (κ2) is 8.45. The zero-order chi connectivity index (χ0) is 19.3. The van der Waals surface area contributed by atoms with Gasteiger partial charge in [-0.05, 0) is 47.8 Å². The predicted molar refractivity (Wildman–Crippen MR) is 112 cm³/mol. The molecule has 1 aromatic carbocycles. The molecule has 0 aliphatic carbocycles. The van der Waals surface area contributed by atoms with E-state index in [0.29, 0.717) is 11.7 Å². The second-order valence-corrected chi connectivity index (χ2v) is 7.93. The minimum absolute atomic E-state index is 0.0104. The molecule has 0 fully saturated rings. The molecule has 0 radical (unpaired) electrons. The Morgan fingerprint density at radius 3 is 2.75 bits per heavy atom. The van der Waals surface area contributed by atoms with Crippen LogP contribution in [0.25, 0.3) is 5.65 Å². The monoisotopic (exact) mass is 410 g/mol. The molecule has 0 saturated carbocycles. The van der Waals surface area contributed by atoms with Gasteiger partial charge in [0.05, 0.1) is 19.4 Å². The Balaban J connectivity index is 1.53. The number of benzene rings is 1. The van der Waals surface area contributed by atoms with Gasteiger partial charge < -0.3 is 9.64 Å². The average molecular weight is 411 g/mol. The van der Waals surface area contributed by atoms with Crippen LogP contribution in [0, 0.1) is 0 Å². The zero-order valence-corrected chi connectivity index (χ0v) is 16.8. The minimum atomic E-state index is 0.0104. The van der Waals surface area contributed by atoms with E-state index in [4.69, 9.17) is 4.74 Å². The first kappa shape index (κ1) is 18.5. The van der Waals surface area contributed by atoms with Gasteiger partial charge >= 0.3 is 0 Å². The molecule has 3 aromatic heterocycles. The van der Waals surface area contributed by atoms with Crippen LogP contribution in [0.3, 0.4) is 0 Å². The third-order valence-electron chi connectivity index (χ3n) is 4.19. The molecular formula is C20H18N4O2S2. The molecule has 8 heteroatoms. The fourth-order valence-electron chi connectivity index (χ4n) is 2.77. The van der Waals surface area contributed by atoms with Gasteiger partial charge in [0.2, 0.25) is 5.91 Å². The molecule has 4 rings (SSSR count). The maximum Gasteiger partial charge on any atom is 0.237 e. The molecule has 0 bridgehead atoms. The number of thiophene rings is 1. The van der Waals surface area contributed by atoms with Gasteiger partial charge in [-0.1, -0.05) is 23.9 Å². The van der Waals surface area contributed by atoms with Crippen molar-refractivity contribution < 1.29 is 9.53 Å². The Labute approximate surface area is 170 Å². The second-order valence-electron chi connectivity index (χ2n) is 5.96. The number of anilines is 1. The summed E-state index contributed by atoms with van der Waals surface area (Å²) in [5.74, 6) is 1.04. The molecule has 0 unspecified atom stereocenters. The summed E-state index contributed by atoms with van der Waals surface area (Å²) in [6, 6.07) is 17.3. The van der Waals surface area contributed by atoms with E-state index in [9.17, 15) is 4.79 Å². The van der Waals surface area contributed by atoms with Crippen LogP contribution >= 0.6 is 23.1 Å². The van der Waals surface area contributed by atoms with Gasteiger partial charge in [0.15, 0.2) is 10.8 Å². The van der Waals surface area contributed by atoms with Crippen molar-refractivity contribution in [2.45, 2.75) is 11.7 Å². The van der Waals surface area contributed by atoms with Crippen LogP contribution in [0.15, 0.2) is 71.3 Å². The number of thioether (sulfide) groups is 1. The molecule has 28 heavy (non-hydrogen) atoms. The lowest BCUT2D eigenvalue weighted by Crippen LogP contribution is -2.31. The van der Waals surface area contributed by atoms with Crippen molar-refractivity contribution in [3.05, 3.63) is 71.1 Å². The van der Waals surface area contributed by atoms with E-state index in [2.05, 4.69) is 10.2 Å². The van der Waals surface area contributed by atoms with Gasteiger partial charge in [-0.2, -0.15) is 0 Å². The van der Waals surface area contributed by atoms with Crippen LogP contribution in [0.5, 0.6) is 5.75 Å². The van der Waals surface area contributed by atoms with E-state index in [0.717, 1.165) is 22.0 Å². The number of methoxy groups -OCH3 is 1. The molecule has 3 heterocycles. The molecule has 0 spiro atoms. The number of hydrogen-bond donors (Lipinski definition) is 0. The number of rotatable bonds is 7. The Morgan fingerprint density at radius 2 is 2.00 bits per heavy atom. The number of nitrogens with zero attached hydrogens (tertiary/aromatic N) is 4. The highest BCUT2D eigenvalue weighted by molar-refractivity contribution is 7.99. The Morgan fingerprint density at radius 1 is 1.14 bits per heavy atom. The van der Waals surface area contributed by atoms with Crippen molar-refractivity contribution in [1.82, 2.24) is 14.6 Å². The van der Waals surface area contributed by atoms with E-state index in [1.165, 1.54) is 11.8 Å². The molecule has 4 aromatic rings. The summed E-state index contributed by atoms with van der Waals surface area (Å²) in [5, 5.41) is 11.0. The van der Waals surface area contributed by atoms with Crippen molar-refractivity contribution in [3.63, 3.8) is 0 Å². The largest absolute Gasteiger partial charge is 0.497 e. The van der Waals surface area contributed by atoms with E-state index in [-0.39, 0.29) is 11.7 Å². The summed E-state index contributed by atoms with van der Waals surface area (Å²) in [5.41, 5.74) is 1.61. The first-order chi connectivity index (χ1) is 13.7. The number of carbonyl (C=O) groups is 1. The van der Waals surface area contributed by atoms with Gasteiger partial charge in [0.25, 0.3) is 0 Å². The zero-order valence-electron chi connectivity index (χ0n) is 15.2. The van der Waals surface area contributed by atoms with E-state index in [1.807, 2.05) is 70.6 Å². The first-order valence-electron chi connectivity index (χ1n) is 8.64. The maximum atomic E-state index is 13.1. The molecule has 0 atom stereocenters. The third-order valence-corrected chi connectivity index (χ3v) is 5.98. The molecular weight excluding hydrogens is 392 g/mol. The maximum absolute atomic E-state index is 13.1. The number of aromatic nitrogens is 3. The summed E-state index contributed by atoms with van der Waals surface area (Å²) < 4.78 is 7.11. The van der Waals surface area contributed by atoms with Crippen LogP contribution < -0.4 is 9.64 Å². The fourth-order valence-corrected chi connectivity index (χ4v) is 4.26. The van der Waals surface area contributed by atoms with Crippen molar-refractivity contribution in [2.75, 3.05) is 17.8 Å². The van der Waals surface area contributed by atoms with E-state index >= 15 is 0 Å². The summed E-state index contributed by atoms with van der Waals surface area (Å²) in [4.78, 5) is 16.0. The molecule has 0 N–H and O–H groups in total. The van der Waals surface area contributed by atoms with Crippen LogP contribution in [0.2, 0.25) is 0 Å². The Bertz CT molecular complexity index is 1060. The van der Waals surface area contributed by atoms with E-state index in [1.54, 1.807) is 23.3 Å². The molecule has 0 aliphatic heterocycles. The highest BCUT2D eigenvalue weighted by atomic mass is 32.2. The lowest BCUT2D eigenvalue weighted by atomic mass is 10.2. The summed E-state index contributed by atoms with van der Waals surface area (Å²) >= 11 is 3.02. The average Bonchev–Trinajstić information content (AvgIpc) is 3.40. The number of ether oxygens (including phenoxy) is 1. The summed E-state index contributed by atoms with van der Waals surface area (Å²) in [6.07, 6.45) is 1.90. The lowest BCUT2D eigenvalue weighted by molar-refractivity contribution is -0.116. The molecule has 0 aliphatic rings. The third kappa shape index (κ3) is 4.02. The number of amides is 1. The lowest BCUT2D eigenvalue weighted by Gasteiger charge is -2.22. The quantitative estimate of drug-likeness (QED) is 0.429. The van der Waals surface area contributed by atoms with Crippen LogP contribution in [0.4, 0.5) is 5.69 Å². The standard InChI is InChI=1S/C20H18N4O2S2/c1-26-16-9-7-15(8-10-16)24(13-17-5-4-12-27-17)19(25)14-28-20-22-21-18-6-2-3-11-23(18)20/h2-12H,13-14H2,1H3. The molecule has 1 amide bonds. The fraction of sp³-hybridized carbons (Fsp3) is 0.150. The van der Waals surface area contributed by atoms with Crippen molar-refractivity contribution in [3.8, 4) is 5.75 Å². The highest BCUT2D eigenvalue weighted by Crippen LogP contribution is 2.25. The normalized spacial score (nSPS) is 10.9. The van der Waals surface area contributed by atoms with Crippen molar-refractivity contribution in [1.29, 1.82) is 0 Å². The smallest absolute Gasteiger partial charge is 0.237 e. The van der Waals surface area contributed by atoms with Gasteiger partial charge in [0.1, 0.15) is 5.75 Å². The van der Waals surface area contributed by atoms with Crippen LogP contribution in [-0.2, 0) is 11.3 Å².